The summed E-state index contributed by atoms with van der Waals surface area (Å²) in [7, 11) is 1.73. The molecule has 0 amide bonds. The number of methoxy groups -OCH3 is 1. The molecule has 0 bridgehead atoms. The molecule has 2 N–H and O–H groups in total. The number of aryl methyl sites for hydroxylation is 1. The molecular formula is C11H19NOS. The molecule has 1 aromatic rings. The molecule has 0 saturated heterocycles. The number of ether oxygens (including phenoxy) is 1. The van der Waals surface area contributed by atoms with Crippen molar-refractivity contribution in [3.8, 4) is 0 Å². The van der Waals surface area contributed by atoms with Crippen molar-refractivity contribution in [1.29, 1.82) is 0 Å². The highest BCUT2D eigenvalue weighted by molar-refractivity contribution is 7.09. The molecule has 0 aliphatic rings. The minimum atomic E-state index is 0.326. The van der Waals surface area contributed by atoms with Crippen molar-refractivity contribution in [2.24, 2.45) is 5.73 Å². The Hall–Kier alpha value is -0.380. The quantitative estimate of drug-likeness (QED) is 0.706. The number of rotatable bonds is 7. The van der Waals surface area contributed by atoms with Gasteiger partial charge in [-0.1, -0.05) is 6.07 Å². The van der Waals surface area contributed by atoms with Crippen LogP contribution in [0.15, 0.2) is 17.5 Å². The van der Waals surface area contributed by atoms with Crippen molar-refractivity contribution < 1.29 is 4.74 Å². The highest BCUT2D eigenvalue weighted by Gasteiger charge is 2.03. The molecule has 1 atom stereocenters. The molecule has 14 heavy (non-hydrogen) atoms. The van der Waals surface area contributed by atoms with Crippen LogP contribution in [0, 0.1) is 0 Å². The van der Waals surface area contributed by atoms with Crippen LogP contribution >= 0.6 is 11.3 Å². The fraction of sp³-hybridized carbons (Fsp3) is 0.636. The second kappa shape index (κ2) is 6.98. The molecule has 0 saturated carbocycles. The van der Waals surface area contributed by atoms with Crippen molar-refractivity contribution in [3.63, 3.8) is 0 Å². The van der Waals surface area contributed by atoms with Gasteiger partial charge in [0, 0.05) is 24.6 Å². The van der Waals surface area contributed by atoms with Crippen molar-refractivity contribution >= 4 is 11.3 Å². The number of hydrogen-bond donors (Lipinski definition) is 1. The third-order valence-electron chi connectivity index (χ3n) is 2.27. The third kappa shape index (κ3) is 4.74. The van der Waals surface area contributed by atoms with Gasteiger partial charge in [-0.15, -0.1) is 11.3 Å². The lowest BCUT2D eigenvalue weighted by Crippen LogP contribution is -2.20. The lowest BCUT2D eigenvalue weighted by atomic mass is 10.1. The molecule has 1 rings (SSSR count). The van der Waals surface area contributed by atoms with Gasteiger partial charge in [-0.25, -0.2) is 0 Å². The van der Waals surface area contributed by atoms with Gasteiger partial charge in [0.2, 0.25) is 0 Å². The lowest BCUT2D eigenvalue weighted by molar-refractivity contribution is 0.190. The van der Waals surface area contributed by atoms with E-state index in [9.17, 15) is 0 Å². The second-order valence-corrected chi connectivity index (χ2v) is 4.55. The summed E-state index contributed by atoms with van der Waals surface area (Å²) >= 11 is 1.81. The predicted molar refractivity (Wildman–Crippen MR) is 61.7 cm³/mol. The van der Waals surface area contributed by atoms with Crippen molar-refractivity contribution in [2.75, 3.05) is 13.7 Å². The van der Waals surface area contributed by atoms with Gasteiger partial charge in [-0.3, -0.25) is 0 Å². The molecule has 1 heterocycles. The van der Waals surface area contributed by atoms with Gasteiger partial charge >= 0.3 is 0 Å². The Morgan fingerprint density at radius 3 is 3.00 bits per heavy atom. The standard InChI is InChI=1S/C11H19NOS/c1-13-8-2-4-10(12)6-7-11-5-3-9-14-11/h3,5,9-10H,2,4,6-8,12H2,1H3. The van der Waals surface area contributed by atoms with Gasteiger partial charge in [-0.2, -0.15) is 0 Å². The largest absolute Gasteiger partial charge is 0.385 e. The number of nitrogens with two attached hydrogens (primary N) is 1. The molecule has 0 aliphatic heterocycles. The third-order valence-corrected chi connectivity index (χ3v) is 3.20. The molecule has 0 fully saturated rings. The van der Waals surface area contributed by atoms with Crippen LogP contribution in [-0.4, -0.2) is 19.8 Å². The number of hydrogen-bond acceptors (Lipinski definition) is 3. The minimum Gasteiger partial charge on any atom is -0.385 e. The van der Waals surface area contributed by atoms with E-state index >= 15 is 0 Å². The van der Waals surface area contributed by atoms with Gasteiger partial charge < -0.3 is 10.5 Å². The zero-order valence-corrected chi connectivity index (χ0v) is 9.56. The smallest absolute Gasteiger partial charge is 0.0462 e. The van der Waals surface area contributed by atoms with E-state index in [-0.39, 0.29) is 0 Å². The summed E-state index contributed by atoms with van der Waals surface area (Å²) in [6.45, 7) is 0.826. The Morgan fingerprint density at radius 2 is 2.36 bits per heavy atom. The van der Waals surface area contributed by atoms with E-state index < -0.39 is 0 Å². The van der Waals surface area contributed by atoms with Crippen LogP contribution in [0.25, 0.3) is 0 Å². The van der Waals surface area contributed by atoms with Crippen LogP contribution in [0.2, 0.25) is 0 Å². The van der Waals surface area contributed by atoms with Crippen molar-refractivity contribution in [3.05, 3.63) is 22.4 Å². The van der Waals surface area contributed by atoms with Crippen LogP contribution in [0.3, 0.4) is 0 Å². The molecule has 0 radical (unpaired) electrons. The summed E-state index contributed by atoms with van der Waals surface area (Å²) in [5.74, 6) is 0. The first-order valence-electron chi connectivity index (χ1n) is 5.10. The van der Waals surface area contributed by atoms with Crippen molar-refractivity contribution in [2.45, 2.75) is 31.7 Å². The summed E-state index contributed by atoms with van der Waals surface area (Å²) in [5, 5.41) is 2.12. The highest BCUT2D eigenvalue weighted by atomic mass is 32.1. The highest BCUT2D eigenvalue weighted by Crippen LogP contribution is 2.12. The van der Waals surface area contributed by atoms with E-state index in [0.29, 0.717) is 6.04 Å². The summed E-state index contributed by atoms with van der Waals surface area (Å²) in [5.41, 5.74) is 5.98. The van der Waals surface area contributed by atoms with Crippen LogP contribution in [-0.2, 0) is 11.2 Å². The summed E-state index contributed by atoms with van der Waals surface area (Å²) in [4.78, 5) is 1.44. The lowest BCUT2D eigenvalue weighted by Gasteiger charge is -2.09. The second-order valence-electron chi connectivity index (χ2n) is 3.51. The Bertz CT molecular complexity index is 223. The van der Waals surface area contributed by atoms with E-state index in [2.05, 4.69) is 17.5 Å². The van der Waals surface area contributed by atoms with Crippen LogP contribution in [0.4, 0.5) is 0 Å². The summed E-state index contributed by atoms with van der Waals surface area (Å²) in [6.07, 6.45) is 4.34. The van der Waals surface area contributed by atoms with E-state index in [1.165, 1.54) is 4.88 Å². The molecule has 1 aromatic heterocycles. The van der Waals surface area contributed by atoms with Crippen molar-refractivity contribution in [1.82, 2.24) is 0 Å². The summed E-state index contributed by atoms with van der Waals surface area (Å²) in [6, 6.07) is 4.59. The molecular weight excluding hydrogens is 194 g/mol. The van der Waals surface area contributed by atoms with E-state index in [0.717, 1.165) is 32.3 Å². The Kier molecular flexibility index (Phi) is 5.83. The van der Waals surface area contributed by atoms with Gasteiger partial charge in [0.25, 0.3) is 0 Å². The van der Waals surface area contributed by atoms with E-state index in [4.69, 9.17) is 10.5 Å². The fourth-order valence-corrected chi connectivity index (χ4v) is 2.14. The maximum atomic E-state index is 5.98. The van der Waals surface area contributed by atoms with E-state index in [1.54, 1.807) is 7.11 Å². The normalized spacial score (nSPS) is 13.0. The summed E-state index contributed by atoms with van der Waals surface area (Å²) < 4.78 is 4.99. The predicted octanol–water partition coefficient (Wildman–Crippen LogP) is 2.43. The average molecular weight is 213 g/mol. The molecule has 0 spiro atoms. The minimum absolute atomic E-state index is 0.326. The van der Waals surface area contributed by atoms with Gasteiger partial charge in [0.15, 0.2) is 0 Å². The van der Waals surface area contributed by atoms with Crippen LogP contribution in [0.5, 0.6) is 0 Å². The zero-order valence-electron chi connectivity index (χ0n) is 8.74. The molecule has 0 aromatic carbocycles. The first-order valence-corrected chi connectivity index (χ1v) is 5.98. The topological polar surface area (TPSA) is 35.2 Å². The van der Waals surface area contributed by atoms with Gasteiger partial charge in [0.05, 0.1) is 0 Å². The Labute approximate surface area is 90.1 Å². The SMILES string of the molecule is COCCCC(N)CCc1cccs1. The first kappa shape index (κ1) is 11.7. The fourth-order valence-electron chi connectivity index (χ4n) is 1.42. The molecule has 2 nitrogen and oxygen atoms in total. The molecule has 0 aliphatic carbocycles. The Morgan fingerprint density at radius 1 is 1.50 bits per heavy atom. The monoisotopic (exact) mass is 213 g/mol. The van der Waals surface area contributed by atoms with Gasteiger partial charge in [-0.05, 0) is 37.1 Å². The molecule has 80 valence electrons. The molecule has 3 heteroatoms. The zero-order chi connectivity index (χ0) is 10.2. The first-order chi connectivity index (χ1) is 6.83. The maximum absolute atomic E-state index is 5.98. The average Bonchev–Trinajstić information content (AvgIpc) is 2.68. The van der Waals surface area contributed by atoms with Crippen LogP contribution in [0.1, 0.15) is 24.1 Å². The Balaban J connectivity index is 2.06. The van der Waals surface area contributed by atoms with Crippen LogP contribution < -0.4 is 5.73 Å². The van der Waals surface area contributed by atoms with E-state index in [1.807, 2.05) is 11.3 Å². The molecule has 1 unspecified atom stereocenters. The number of thiophene rings is 1. The van der Waals surface area contributed by atoms with Gasteiger partial charge in [0.1, 0.15) is 0 Å². The maximum Gasteiger partial charge on any atom is 0.0462 e.